The molecular weight excluding hydrogens is 314 g/mol. The highest BCUT2D eigenvalue weighted by atomic mass is 15.4. The Morgan fingerprint density at radius 1 is 1.36 bits per heavy atom. The van der Waals surface area contributed by atoms with Crippen LogP contribution in [-0.2, 0) is 0 Å². The molecular formula is C18H27N7. The predicted molar refractivity (Wildman–Crippen MR) is 99.9 cm³/mol. The average molecular weight is 341 g/mol. The van der Waals surface area contributed by atoms with Gasteiger partial charge in [0.15, 0.2) is 5.65 Å². The third-order valence-electron chi connectivity index (χ3n) is 5.44. The largest absolute Gasteiger partial charge is 0.384 e. The Labute approximate surface area is 148 Å². The summed E-state index contributed by atoms with van der Waals surface area (Å²) in [6.07, 6.45) is 8.67. The summed E-state index contributed by atoms with van der Waals surface area (Å²) in [5.41, 5.74) is 9.40. The van der Waals surface area contributed by atoms with Crippen LogP contribution in [0.5, 0.6) is 0 Å². The van der Waals surface area contributed by atoms with Crippen LogP contribution in [-0.4, -0.2) is 52.0 Å². The van der Waals surface area contributed by atoms with E-state index in [0.29, 0.717) is 17.8 Å². The van der Waals surface area contributed by atoms with Crippen LogP contribution in [0.4, 0.5) is 5.82 Å². The minimum absolute atomic E-state index is 0.227. The number of anilines is 1. The summed E-state index contributed by atoms with van der Waals surface area (Å²) in [5, 5.41) is 14.3. The Balaban J connectivity index is 1.67. The van der Waals surface area contributed by atoms with Crippen molar-refractivity contribution in [1.29, 1.82) is 0 Å². The normalized spacial score (nSPS) is 26.6. The second-order valence-corrected chi connectivity index (χ2v) is 7.27. The lowest BCUT2D eigenvalue weighted by Gasteiger charge is -2.29. The first-order valence-electron chi connectivity index (χ1n) is 9.28. The van der Waals surface area contributed by atoms with E-state index in [4.69, 9.17) is 10.7 Å². The maximum absolute atomic E-state index is 6.30. The smallest absolute Gasteiger partial charge is 0.161 e. The number of hydrogen-bond acceptors (Lipinski definition) is 6. The van der Waals surface area contributed by atoms with Gasteiger partial charge in [-0.05, 0) is 25.8 Å². The van der Waals surface area contributed by atoms with Gasteiger partial charge in [0, 0.05) is 55.0 Å². The summed E-state index contributed by atoms with van der Waals surface area (Å²) in [6, 6.07) is 2.60. The second kappa shape index (κ2) is 6.63. The molecule has 0 saturated heterocycles. The highest BCUT2D eigenvalue weighted by molar-refractivity contribution is 5.74. The lowest BCUT2D eigenvalue weighted by atomic mass is 9.83. The zero-order valence-corrected chi connectivity index (χ0v) is 15.0. The van der Waals surface area contributed by atoms with E-state index < -0.39 is 0 Å². The van der Waals surface area contributed by atoms with Crippen LogP contribution in [0, 0.1) is 0 Å². The predicted octanol–water partition coefficient (Wildman–Crippen LogP) is 1.96. The van der Waals surface area contributed by atoms with Gasteiger partial charge in [-0.1, -0.05) is 13.3 Å². The van der Waals surface area contributed by atoms with E-state index in [1.54, 1.807) is 4.52 Å². The second-order valence-electron chi connectivity index (χ2n) is 7.27. The first kappa shape index (κ1) is 16.3. The molecule has 7 heteroatoms. The Hall–Kier alpha value is -2.15. The first-order chi connectivity index (χ1) is 12.2. The SMILES string of the molecule is CCN[C@@H]1CCC[C@H](c2cc(N)n3ncc(C4C=NN(C)C4)c3n2)C1. The summed E-state index contributed by atoms with van der Waals surface area (Å²) in [4.78, 5) is 5.00. The van der Waals surface area contributed by atoms with Gasteiger partial charge >= 0.3 is 0 Å². The molecule has 3 atom stereocenters. The Bertz CT molecular complexity index is 779. The highest BCUT2D eigenvalue weighted by Gasteiger charge is 2.26. The summed E-state index contributed by atoms with van der Waals surface area (Å²) >= 11 is 0. The van der Waals surface area contributed by atoms with Crippen LogP contribution in [0.25, 0.3) is 5.65 Å². The summed E-state index contributed by atoms with van der Waals surface area (Å²) in [7, 11) is 1.98. The molecule has 25 heavy (non-hydrogen) atoms. The number of nitrogens with zero attached hydrogens (tertiary/aromatic N) is 5. The number of fused-ring (bicyclic) bond motifs is 1. The molecule has 1 unspecified atom stereocenters. The molecule has 134 valence electrons. The molecule has 3 heterocycles. The molecule has 0 spiro atoms. The van der Waals surface area contributed by atoms with E-state index in [1.807, 2.05) is 30.5 Å². The fourth-order valence-corrected chi connectivity index (χ4v) is 4.18. The van der Waals surface area contributed by atoms with Gasteiger partial charge in [-0.3, -0.25) is 5.01 Å². The molecule has 0 aromatic carbocycles. The fraction of sp³-hybridized carbons (Fsp3) is 0.611. The molecule has 2 aliphatic rings. The Morgan fingerprint density at radius 3 is 3.00 bits per heavy atom. The average Bonchev–Trinajstić information content (AvgIpc) is 3.21. The topological polar surface area (TPSA) is 83.8 Å². The maximum Gasteiger partial charge on any atom is 0.161 e. The van der Waals surface area contributed by atoms with Crippen LogP contribution < -0.4 is 11.1 Å². The molecule has 2 aromatic rings. The number of hydrogen-bond donors (Lipinski definition) is 2. The number of hydrazone groups is 1. The van der Waals surface area contributed by atoms with Crippen molar-refractivity contribution in [2.75, 3.05) is 25.9 Å². The van der Waals surface area contributed by atoms with Crippen molar-refractivity contribution in [3.8, 4) is 0 Å². The standard InChI is InChI=1S/C18H27N7/c1-3-20-14-6-4-5-12(7-14)16-8-17(19)25-18(23-16)15(10-22-25)13-9-21-24(2)11-13/h8-10,12-14,20H,3-7,11,19H2,1-2H3/t12-,13?,14+/m0/s1. The molecule has 1 fully saturated rings. The van der Waals surface area contributed by atoms with Gasteiger partial charge in [0.25, 0.3) is 0 Å². The third kappa shape index (κ3) is 3.08. The number of rotatable bonds is 4. The van der Waals surface area contributed by atoms with E-state index in [0.717, 1.165) is 36.4 Å². The maximum atomic E-state index is 6.30. The number of nitrogen functional groups attached to an aromatic ring is 1. The summed E-state index contributed by atoms with van der Waals surface area (Å²) < 4.78 is 1.76. The van der Waals surface area contributed by atoms with E-state index in [9.17, 15) is 0 Å². The lowest BCUT2D eigenvalue weighted by molar-refractivity contribution is 0.341. The van der Waals surface area contributed by atoms with E-state index in [1.165, 1.54) is 19.3 Å². The Morgan fingerprint density at radius 2 is 2.24 bits per heavy atom. The molecule has 2 aromatic heterocycles. The van der Waals surface area contributed by atoms with Crippen molar-refractivity contribution in [3.63, 3.8) is 0 Å². The minimum Gasteiger partial charge on any atom is -0.384 e. The Kier molecular flexibility index (Phi) is 4.33. The molecule has 4 rings (SSSR count). The number of likely N-dealkylation sites (N-methyl/N-ethyl adjacent to an activating group) is 1. The zero-order valence-electron chi connectivity index (χ0n) is 15.0. The zero-order chi connectivity index (χ0) is 17.4. The number of nitrogens with one attached hydrogen (secondary N) is 1. The van der Waals surface area contributed by atoms with Crippen molar-refractivity contribution in [3.05, 3.63) is 23.5 Å². The first-order valence-corrected chi connectivity index (χ1v) is 9.28. The van der Waals surface area contributed by atoms with E-state index in [2.05, 4.69) is 22.4 Å². The number of aromatic nitrogens is 3. The van der Waals surface area contributed by atoms with Gasteiger partial charge < -0.3 is 11.1 Å². The van der Waals surface area contributed by atoms with E-state index in [-0.39, 0.29) is 5.92 Å². The molecule has 3 N–H and O–H groups in total. The van der Waals surface area contributed by atoms with Gasteiger partial charge in [-0.15, -0.1) is 0 Å². The van der Waals surface area contributed by atoms with Crippen LogP contribution in [0.3, 0.4) is 0 Å². The monoisotopic (exact) mass is 341 g/mol. The summed E-state index contributed by atoms with van der Waals surface area (Å²) in [5.74, 6) is 1.36. The fourth-order valence-electron chi connectivity index (χ4n) is 4.18. The van der Waals surface area contributed by atoms with Gasteiger partial charge in [-0.2, -0.15) is 14.7 Å². The van der Waals surface area contributed by atoms with Crippen molar-refractivity contribution in [1.82, 2.24) is 24.9 Å². The quantitative estimate of drug-likeness (QED) is 0.888. The van der Waals surface area contributed by atoms with Gasteiger partial charge in [-0.25, -0.2) is 4.98 Å². The summed E-state index contributed by atoms with van der Waals surface area (Å²) in [6.45, 7) is 4.05. The van der Waals surface area contributed by atoms with Crippen LogP contribution in [0.1, 0.15) is 55.7 Å². The minimum atomic E-state index is 0.227. The van der Waals surface area contributed by atoms with Gasteiger partial charge in [0.05, 0.1) is 6.20 Å². The molecule has 0 amide bonds. The molecule has 7 nitrogen and oxygen atoms in total. The van der Waals surface area contributed by atoms with Crippen molar-refractivity contribution in [2.45, 2.75) is 50.5 Å². The lowest BCUT2D eigenvalue weighted by Crippen LogP contribution is -2.33. The van der Waals surface area contributed by atoms with Crippen molar-refractivity contribution in [2.24, 2.45) is 5.10 Å². The van der Waals surface area contributed by atoms with Crippen LogP contribution in [0.15, 0.2) is 17.4 Å². The molecule has 0 bridgehead atoms. The van der Waals surface area contributed by atoms with Gasteiger partial charge in [0.1, 0.15) is 5.82 Å². The van der Waals surface area contributed by atoms with Crippen LogP contribution in [0.2, 0.25) is 0 Å². The third-order valence-corrected chi connectivity index (χ3v) is 5.44. The highest BCUT2D eigenvalue weighted by Crippen LogP contribution is 2.34. The van der Waals surface area contributed by atoms with Gasteiger partial charge in [0.2, 0.25) is 0 Å². The molecule has 1 aliphatic carbocycles. The molecule has 1 aliphatic heterocycles. The number of nitrogens with two attached hydrogens (primary N) is 1. The molecule has 0 radical (unpaired) electrons. The van der Waals surface area contributed by atoms with E-state index >= 15 is 0 Å². The van der Waals surface area contributed by atoms with Crippen molar-refractivity contribution < 1.29 is 0 Å². The van der Waals surface area contributed by atoms with Crippen LogP contribution >= 0.6 is 0 Å². The van der Waals surface area contributed by atoms with Crippen molar-refractivity contribution >= 4 is 17.7 Å². The molecule has 1 saturated carbocycles.